The smallest absolute Gasteiger partial charge is 0.360 e. The first-order valence-electron chi connectivity index (χ1n) is 8.18. The highest BCUT2D eigenvalue weighted by molar-refractivity contribution is 6.33. The molecule has 27 heavy (non-hydrogen) atoms. The lowest BCUT2D eigenvalue weighted by Crippen LogP contribution is -2.11. The number of aromatic nitrogens is 3. The van der Waals surface area contributed by atoms with Crippen LogP contribution in [0, 0.1) is 0 Å². The topological polar surface area (TPSA) is 81.7 Å². The quantitative estimate of drug-likeness (QED) is 0.524. The second-order valence-electron chi connectivity index (χ2n) is 5.69. The van der Waals surface area contributed by atoms with Crippen LogP contribution in [0.15, 0.2) is 59.0 Å². The summed E-state index contributed by atoms with van der Waals surface area (Å²) < 4.78 is 12.0. The molecule has 0 saturated carbocycles. The highest BCUT2D eigenvalue weighted by Gasteiger charge is 2.25. The largest absolute Gasteiger partial charge is 0.464 e. The van der Waals surface area contributed by atoms with E-state index in [-0.39, 0.29) is 18.1 Å². The standard InChI is InChI=1S/C19H15ClN4O3/c1-26-18(25)16-15(11-21-12-7-3-2-4-8-12)27-19-22-17(23-24(16)19)13-9-5-6-10-14(13)20/h2-10,21H,11H2,1H3. The molecule has 2 aromatic heterocycles. The number of oxazole rings is 1. The molecule has 0 fully saturated rings. The Kier molecular flexibility index (Phi) is 4.52. The number of hydrogen-bond acceptors (Lipinski definition) is 6. The second-order valence-corrected chi connectivity index (χ2v) is 6.10. The molecule has 0 aliphatic heterocycles. The molecule has 0 amide bonds. The van der Waals surface area contributed by atoms with Crippen molar-refractivity contribution < 1.29 is 13.9 Å². The molecule has 0 radical (unpaired) electrons. The molecule has 0 saturated heterocycles. The van der Waals surface area contributed by atoms with Crippen LogP contribution in [0.2, 0.25) is 5.02 Å². The molecule has 2 heterocycles. The highest BCUT2D eigenvalue weighted by atomic mass is 35.5. The van der Waals surface area contributed by atoms with Gasteiger partial charge in [0.05, 0.1) is 18.7 Å². The molecular formula is C19H15ClN4O3. The maximum Gasteiger partial charge on any atom is 0.360 e. The van der Waals surface area contributed by atoms with E-state index in [1.165, 1.54) is 11.6 Å². The molecule has 1 N–H and O–H groups in total. The molecule has 4 aromatic rings. The van der Waals surface area contributed by atoms with E-state index in [1.807, 2.05) is 42.5 Å². The van der Waals surface area contributed by atoms with Crippen LogP contribution in [0.5, 0.6) is 0 Å². The number of carbonyl (C=O) groups is 1. The first-order valence-corrected chi connectivity index (χ1v) is 8.55. The molecule has 2 aromatic carbocycles. The minimum absolute atomic E-state index is 0.182. The number of para-hydroxylation sites is 1. The molecule has 136 valence electrons. The molecule has 8 heteroatoms. The van der Waals surface area contributed by atoms with Gasteiger partial charge in [-0.05, 0) is 24.3 Å². The van der Waals surface area contributed by atoms with E-state index >= 15 is 0 Å². The van der Waals surface area contributed by atoms with Gasteiger partial charge >= 0.3 is 11.8 Å². The molecule has 0 bridgehead atoms. The SMILES string of the molecule is COC(=O)c1c(CNc2ccccc2)oc2nc(-c3ccccc3Cl)nn12. The van der Waals surface area contributed by atoms with Crippen LogP contribution >= 0.6 is 11.6 Å². The summed E-state index contributed by atoms with van der Waals surface area (Å²) in [6.45, 7) is 0.279. The number of nitrogens with one attached hydrogen (secondary N) is 1. The van der Waals surface area contributed by atoms with Crippen LogP contribution < -0.4 is 5.32 Å². The summed E-state index contributed by atoms with van der Waals surface area (Å²) in [4.78, 5) is 16.7. The number of halogens is 1. The average molecular weight is 383 g/mol. The van der Waals surface area contributed by atoms with Crippen LogP contribution in [-0.2, 0) is 11.3 Å². The Bertz CT molecular complexity index is 1100. The van der Waals surface area contributed by atoms with Gasteiger partial charge in [0, 0.05) is 11.3 Å². The van der Waals surface area contributed by atoms with Gasteiger partial charge in [-0.1, -0.05) is 41.9 Å². The molecule has 0 spiro atoms. The van der Waals surface area contributed by atoms with Crippen molar-refractivity contribution in [3.8, 4) is 11.4 Å². The summed E-state index contributed by atoms with van der Waals surface area (Å²) in [5, 5.41) is 8.09. The van der Waals surface area contributed by atoms with Crippen molar-refractivity contribution in [3.05, 3.63) is 71.1 Å². The third-order valence-electron chi connectivity index (χ3n) is 3.99. The maximum absolute atomic E-state index is 12.3. The van der Waals surface area contributed by atoms with Crippen molar-refractivity contribution in [1.82, 2.24) is 14.6 Å². The number of fused-ring (bicyclic) bond motifs is 1. The Morgan fingerprint density at radius 2 is 1.93 bits per heavy atom. The van der Waals surface area contributed by atoms with Crippen molar-refractivity contribution in [2.75, 3.05) is 12.4 Å². The molecule has 4 rings (SSSR count). The Morgan fingerprint density at radius 1 is 1.19 bits per heavy atom. The van der Waals surface area contributed by atoms with Crippen molar-refractivity contribution in [3.63, 3.8) is 0 Å². The van der Waals surface area contributed by atoms with E-state index in [9.17, 15) is 4.79 Å². The monoisotopic (exact) mass is 382 g/mol. The van der Waals surface area contributed by atoms with Crippen LogP contribution in [0.4, 0.5) is 5.69 Å². The van der Waals surface area contributed by atoms with Crippen molar-refractivity contribution >= 4 is 29.1 Å². The summed E-state index contributed by atoms with van der Waals surface area (Å²) in [6.07, 6.45) is 0. The van der Waals surface area contributed by atoms with Gasteiger partial charge in [-0.15, -0.1) is 5.10 Å². The number of benzene rings is 2. The van der Waals surface area contributed by atoms with Gasteiger partial charge in [-0.25, -0.2) is 4.79 Å². The molecule has 0 atom stereocenters. The zero-order valence-corrected chi connectivity index (χ0v) is 15.1. The Hall–Kier alpha value is -3.32. The Balaban J connectivity index is 1.73. The average Bonchev–Trinajstić information content (AvgIpc) is 3.24. The number of rotatable bonds is 5. The summed E-state index contributed by atoms with van der Waals surface area (Å²) in [7, 11) is 1.31. The third-order valence-corrected chi connectivity index (χ3v) is 4.32. The van der Waals surface area contributed by atoms with E-state index in [1.54, 1.807) is 12.1 Å². The zero-order valence-electron chi connectivity index (χ0n) is 14.3. The summed E-state index contributed by atoms with van der Waals surface area (Å²) in [5.41, 5.74) is 1.73. The first-order chi connectivity index (χ1) is 13.2. The number of esters is 1. The fourth-order valence-electron chi connectivity index (χ4n) is 2.70. The predicted octanol–water partition coefficient (Wildman–Crippen LogP) is 4.04. The van der Waals surface area contributed by atoms with Crippen LogP contribution in [0.25, 0.3) is 17.2 Å². The lowest BCUT2D eigenvalue weighted by molar-refractivity contribution is 0.0589. The number of methoxy groups -OCH3 is 1. The Labute approximate surface area is 159 Å². The second kappa shape index (κ2) is 7.13. The normalized spacial score (nSPS) is 10.9. The third kappa shape index (κ3) is 3.24. The molecule has 0 aliphatic carbocycles. The fourth-order valence-corrected chi connectivity index (χ4v) is 2.92. The van der Waals surface area contributed by atoms with Gasteiger partial charge in [0.25, 0.3) is 0 Å². The van der Waals surface area contributed by atoms with Crippen LogP contribution in [0.3, 0.4) is 0 Å². The summed E-state index contributed by atoms with van der Waals surface area (Å²) in [6, 6.07) is 16.8. The summed E-state index contributed by atoms with van der Waals surface area (Å²) in [5.74, 6) is 0.378. The van der Waals surface area contributed by atoms with E-state index < -0.39 is 5.97 Å². The number of ether oxygens (including phenoxy) is 1. The van der Waals surface area contributed by atoms with Crippen molar-refractivity contribution in [2.45, 2.75) is 6.54 Å². The minimum atomic E-state index is -0.561. The van der Waals surface area contributed by atoms with Gasteiger partial charge in [0.15, 0.2) is 17.3 Å². The Morgan fingerprint density at radius 3 is 2.67 bits per heavy atom. The van der Waals surface area contributed by atoms with Gasteiger partial charge in [-0.2, -0.15) is 9.50 Å². The lowest BCUT2D eigenvalue weighted by atomic mass is 10.2. The van der Waals surface area contributed by atoms with Crippen LogP contribution in [0.1, 0.15) is 16.2 Å². The highest BCUT2D eigenvalue weighted by Crippen LogP contribution is 2.27. The van der Waals surface area contributed by atoms with Crippen molar-refractivity contribution in [2.24, 2.45) is 0 Å². The van der Waals surface area contributed by atoms with Gasteiger partial charge in [0.2, 0.25) is 0 Å². The molecule has 0 aliphatic rings. The minimum Gasteiger partial charge on any atom is -0.464 e. The van der Waals surface area contributed by atoms with E-state index in [4.69, 9.17) is 20.8 Å². The molecule has 0 unspecified atom stereocenters. The van der Waals surface area contributed by atoms with Gasteiger partial charge in [-0.3, -0.25) is 0 Å². The van der Waals surface area contributed by atoms with E-state index in [0.29, 0.717) is 22.2 Å². The van der Waals surface area contributed by atoms with E-state index in [2.05, 4.69) is 15.4 Å². The molecule has 7 nitrogen and oxygen atoms in total. The number of carbonyl (C=O) groups excluding carboxylic acids is 1. The fraction of sp³-hybridized carbons (Fsp3) is 0.105. The zero-order chi connectivity index (χ0) is 18.8. The summed E-state index contributed by atoms with van der Waals surface area (Å²) >= 11 is 6.21. The van der Waals surface area contributed by atoms with E-state index in [0.717, 1.165) is 5.69 Å². The van der Waals surface area contributed by atoms with Gasteiger partial charge in [0.1, 0.15) is 0 Å². The number of hydrogen-bond donors (Lipinski definition) is 1. The molecular weight excluding hydrogens is 368 g/mol. The number of nitrogens with zero attached hydrogens (tertiary/aromatic N) is 3. The lowest BCUT2D eigenvalue weighted by Gasteiger charge is -2.05. The van der Waals surface area contributed by atoms with Crippen LogP contribution in [-0.4, -0.2) is 27.7 Å². The van der Waals surface area contributed by atoms with Gasteiger partial charge < -0.3 is 14.5 Å². The predicted molar refractivity (Wildman–Crippen MR) is 101 cm³/mol. The maximum atomic E-state index is 12.3. The number of anilines is 1. The van der Waals surface area contributed by atoms with Crippen molar-refractivity contribution in [1.29, 1.82) is 0 Å². The first kappa shape index (κ1) is 17.1.